The highest BCUT2D eigenvalue weighted by Gasteiger charge is 2.22. The van der Waals surface area contributed by atoms with Gasteiger partial charge in [-0.15, -0.1) is 0 Å². The van der Waals surface area contributed by atoms with E-state index in [0.717, 1.165) is 5.56 Å². The number of halogens is 1. The summed E-state index contributed by atoms with van der Waals surface area (Å²) in [6.07, 6.45) is 0.239. The van der Waals surface area contributed by atoms with Crippen LogP contribution in [0.25, 0.3) is 0 Å². The average Bonchev–Trinajstić information content (AvgIpc) is 3.02. The molecule has 0 spiro atoms. The maximum Gasteiger partial charge on any atom is 0.328 e. The molecule has 4 nitrogen and oxygen atoms in total. The van der Waals surface area contributed by atoms with E-state index in [4.69, 9.17) is 4.74 Å². The lowest BCUT2D eigenvalue weighted by Gasteiger charge is -2.16. The fourth-order valence-corrected chi connectivity index (χ4v) is 2.46. The van der Waals surface area contributed by atoms with Crippen LogP contribution < -0.4 is 5.32 Å². The molecule has 0 saturated carbocycles. The van der Waals surface area contributed by atoms with Gasteiger partial charge in [0.2, 0.25) is 0 Å². The Morgan fingerprint density at radius 2 is 2.00 bits per heavy atom. The number of methoxy groups -OCH3 is 1. The van der Waals surface area contributed by atoms with E-state index in [1.54, 1.807) is 29.0 Å². The van der Waals surface area contributed by atoms with Crippen molar-refractivity contribution in [3.63, 3.8) is 0 Å². The van der Waals surface area contributed by atoms with Crippen molar-refractivity contribution in [1.29, 1.82) is 0 Å². The second kappa shape index (κ2) is 6.99. The van der Waals surface area contributed by atoms with E-state index in [1.165, 1.54) is 30.6 Å². The van der Waals surface area contributed by atoms with E-state index in [9.17, 15) is 14.0 Å². The Hall–Kier alpha value is -2.21. The number of nitrogens with one attached hydrogen (secondary N) is 1. The second-order valence-corrected chi connectivity index (χ2v) is 5.17. The zero-order valence-corrected chi connectivity index (χ0v) is 12.2. The zero-order valence-electron chi connectivity index (χ0n) is 11.3. The van der Waals surface area contributed by atoms with Crippen molar-refractivity contribution < 1.29 is 18.7 Å². The Labute approximate surface area is 125 Å². The Balaban J connectivity index is 2.09. The fourth-order valence-electron chi connectivity index (χ4n) is 1.83. The molecule has 0 aliphatic carbocycles. The first-order valence-electron chi connectivity index (χ1n) is 6.25. The molecule has 0 bridgehead atoms. The van der Waals surface area contributed by atoms with Crippen LogP contribution in [0.3, 0.4) is 0 Å². The van der Waals surface area contributed by atoms with Gasteiger partial charge in [-0.1, -0.05) is 12.1 Å². The molecule has 1 aromatic heterocycles. The molecule has 0 aliphatic heterocycles. The molecule has 1 N–H and O–H groups in total. The van der Waals surface area contributed by atoms with E-state index in [2.05, 4.69) is 5.32 Å². The van der Waals surface area contributed by atoms with Gasteiger partial charge in [0.15, 0.2) is 0 Å². The lowest BCUT2D eigenvalue weighted by Crippen LogP contribution is -2.42. The van der Waals surface area contributed by atoms with Crippen molar-refractivity contribution >= 4 is 23.2 Å². The van der Waals surface area contributed by atoms with Crippen LogP contribution >= 0.6 is 11.3 Å². The highest BCUT2D eigenvalue weighted by Crippen LogP contribution is 2.09. The monoisotopic (exact) mass is 307 g/mol. The highest BCUT2D eigenvalue weighted by molar-refractivity contribution is 7.08. The lowest BCUT2D eigenvalue weighted by atomic mass is 10.1. The summed E-state index contributed by atoms with van der Waals surface area (Å²) in [6, 6.07) is 6.62. The molecular formula is C15H14FNO3S. The van der Waals surface area contributed by atoms with Crippen molar-refractivity contribution in [2.75, 3.05) is 7.11 Å². The summed E-state index contributed by atoms with van der Waals surface area (Å²) in [5.41, 5.74) is 1.23. The molecule has 0 radical (unpaired) electrons. The molecule has 21 heavy (non-hydrogen) atoms. The number of thiophene rings is 1. The van der Waals surface area contributed by atoms with E-state index >= 15 is 0 Å². The summed E-state index contributed by atoms with van der Waals surface area (Å²) >= 11 is 1.40. The Kier molecular flexibility index (Phi) is 5.05. The predicted molar refractivity (Wildman–Crippen MR) is 77.7 cm³/mol. The van der Waals surface area contributed by atoms with Gasteiger partial charge in [-0.05, 0) is 29.1 Å². The minimum absolute atomic E-state index is 0.239. The topological polar surface area (TPSA) is 55.4 Å². The third kappa shape index (κ3) is 4.13. The minimum atomic E-state index is -0.812. The number of esters is 1. The van der Waals surface area contributed by atoms with Crippen molar-refractivity contribution in [2.45, 2.75) is 12.5 Å². The van der Waals surface area contributed by atoms with Crippen molar-refractivity contribution in [1.82, 2.24) is 5.32 Å². The van der Waals surface area contributed by atoms with Gasteiger partial charge < -0.3 is 10.1 Å². The predicted octanol–water partition coefficient (Wildman–Crippen LogP) is 2.40. The average molecular weight is 307 g/mol. The van der Waals surface area contributed by atoms with Crippen LogP contribution in [-0.4, -0.2) is 25.0 Å². The van der Waals surface area contributed by atoms with Crippen LogP contribution in [0.1, 0.15) is 15.9 Å². The van der Waals surface area contributed by atoms with E-state index in [1.807, 2.05) is 0 Å². The summed E-state index contributed by atoms with van der Waals surface area (Å²) in [7, 11) is 1.26. The summed E-state index contributed by atoms with van der Waals surface area (Å²) in [6.45, 7) is 0. The van der Waals surface area contributed by atoms with Crippen molar-refractivity contribution in [3.8, 4) is 0 Å². The number of hydrogen-bond acceptors (Lipinski definition) is 4. The summed E-state index contributed by atoms with van der Waals surface area (Å²) in [4.78, 5) is 23.8. The molecule has 2 rings (SSSR count). The zero-order chi connectivity index (χ0) is 15.2. The maximum absolute atomic E-state index is 12.9. The largest absolute Gasteiger partial charge is 0.467 e. The summed E-state index contributed by atoms with van der Waals surface area (Å²) in [5, 5.41) is 6.11. The van der Waals surface area contributed by atoms with Crippen LogP contribution in [0.4, 0.5) is 4.39 Å². The third-order valence-corrected chi connectivity index (χ3v) is 3.61. The molecular weight excluding hydrogens is 293 g/mol. The molecule has 1 atom stereocenters. The van der Waals surface area contributed by atoms with Crippen molar-refractivity contribution in [3.05, 3.63) is 58.0 Å². The fraction of sp³-hybridized carbons (Fsp3) is 0.200. The minimum Gasteiger partial charge on any atom is -0.467 e. The van der Waals surface area contributed by atoms with Gasteiger partial charge >= 0.3 is 5.97 Å². The molecule has 1 heterocycles. The maximum atomic E-state index is 12.9. The molecule has 1 aromatic carbocycles. The van der Waals surface area contributed by atoms with Gasteiger partial charge in [0, 0.05) is 11.8 Å². The van der Waals surface area contributed by atoms with E-state index in [-0.39, 0.29) is 18.1 Å². The number of rotatable bonds is 5. The molecule has 0 unspecified atom stereocenters. The van der Waals surface area contributed by atoms with E-state index < -0.39 is 12.0 Å². The normalized spacial score (nSPS) is 11.7. The van der Waals surface area contributed by atoms with Crippen LogP contribution in [0, 0.1) is 5.82 Å². The Morgan fingerprint density at radius 3 is 2.57 bits per heavy atom. The molecule has 6 heteroatoms. The first kappa shape index (κ1) is 15.2. The standard InChI is InChI=1S/C15H14FNO3S/c1-20-15(19)13(8-10-2-4-12(16)5-3-10)17-14(18)11-6-7-21-9-11/h2-7,9,13H,8H2,1H3,(H,17,18)/t13-/m0/s1. The molecule has 0 saturated heterocycles. The van der Waals surface area contributed by atoms with Gasteiger partial charge in [0.25, 0.3) is 5.91 Å². The molecule has 0 fully saturated rings. The van der Waals surface area contributed by atoms with Gasteiger partial charge in [-0.3, -0.25) is 4.79 Å². The van der Waals surface area contributed by atoms with Gasteiger partial charge in [-0.25, -0.2) is 9.18 Å². The number of ether oxygens (including phenoxy) is 1. The summed E-state index contributed by atoms with van der Waals surface area (Å²) in [5.74, 6) is -1.23. The number of carbonyl (C=O) groups is 2. The van der Waals surface area contributed by atoms with Crippen molar-refractivity contribution in [2.24, 2.45) is 0 Å². The van der Waals surface area contributed by atoms with Crippen LogP contribution in [-0.2, 0) is 16.0 Å². The van der Waals surface area contributed by atoms with Gasteiger partial charge in [-0.2, -0.15) is 11.3 Å². The molecule has 2 aromatic rings. The molecule has 1 amide bonds. The van der Waals surface area contributed by atoms with E-state index in [0.29, 0.717) is 5.56 Å². The smallest absolute Gasteiger partial charge is 0.328 e. The SMILES string of the molecule is COC(=O)[C@H](Cc1ccc(F)cc1)NC(=O)c1ccsc1. The number of hydrogen-bond donors (Lipinski definition) is 1. The molecule has 0 aliphatic rings. The number of carbonyl (C=O) groups excluding carboxylic acids is 2. The third-order valence-electron chi connectivity index (χ3n) is 2.93. The second-order valence-electron chi connectivity index (χ2n) is 4.39. The number of benzene rings is 1. The molecule has 110 valence electrons. The van der Waals surface area contributed by atoms with Crippen LogP contribution in [0.2, 0.25) is 0 Å². The Morgan fingerprint density at radius 1 is 1.29 bits per heavy atom. The Bertz CT molecular complexity index is 610. The van der Waals surface area contributed by atoms with Gasteiger partial charge in [0.05, 0.1) is 12.7 Å². The first-order chi connectivity index (χ1) is 10.1. The number of amides is 1. The first-order valence-corrected chi connectivity index (χ1v) is 7.20. The van der Waals surface area contributed by atoms with Gasteiger partial charge in [0.1, 0.15) is 11.9 Å². The van der Waals surface area contributed by atoms with Crippen LogP contribution in [0.5, 0.6) is 0 Å². The lowest BCUT2D eigenvalue weighted by molar-refractivity contribution is -0.142. The quantitative estimate of drug-likeness (QED) is 0.863. The summed E-state index contributed by atoms with van der Waals surface area (Å²) < 4.78 is 17.6. The highest BCUT2D eigenvalue weighted by atomic mass is 32.1. The van der Waals surface area contributed by atoms with Crippen LogP contribution in [0.15, 0.2) is 41.1 Å².